The number of amides is 3. The fraction of sp³-hybridized carbons (Fsp3) is 0.500. The number of piperidine rings is 1. The Hall–Kier alpha value is -3.39. The van der Waals surface area contributed by atoms with E-state index in [9.17, 15) is 14.4 Å². The van der Waals surface area contributed by atoms with E-state index in [1.807, 2.05) is 57.2 Å². The first-order valence-electron chi connectivity index (χ1n) is 13.5. The smallest absolute Gasteiger partial charge is 0.410 e. The quantitative estimate of drug-likeness (QED) is 0.577. The molecule has 38 heavy (non-hydrogen) atoms. The number of benzene rings is 2. The van der Waals surface area contributed by atoms with Gasteiger partial charge >= 0.3 is 12.1 Å². The van der Waals surface area contributed by atoms with Gasteiger partial charge in [-0.3, -0.25) is 4.79 Å². The van der Waals surface area contributed by atoms with Gasteiger partial charge in [-0.15, -0.1) is 0 Å². The standard InChI is InChI=1S/C30H37N3O5/c1-29(2,3)38-28(36)33-14-12-30(13-15-33)11-10-23-20-22(6-9-25(23)26(30)34)21-4-7-24(8-5-21)31-27(35)32-16-18-37-19-17-32/h4-9,20H,10-19H2,1-3H3,(H,31,35). The minimum absolute atomic E-state index is 0.112. The van der Waals surface area contributed by atoms with E-state index in [0.29, 0.717) is 52.2 Å². The average Bonchev–Trinajstić information content (AvgIpc) is 2.91. The van der Waals surface area contributed by atoms with Crippen molar-refractivity contribution in [1.29, 1.82) is 0 Å². The summed E-state index contributed by atoms with van der Waals surface area (Å²) < 4.78 is 10.8. The van der Waals surface area contributed by atoms with Crippen molar-refractivity contribution in [2.24, 2.45) is 5.41 Å². The van der Waals surface area contributed by atoms with Gasteiger partial charge < -0.3 is 24.6 Å². The number of likely N-dealkylation sites (tertiary alicyclic amines) is 1. The van der Waals surface area contributed by atoms with Gasteiger partial charge in [0.1, 0.15) is 5.60 Å². The molecule has 0 atom stereocenters. The maximum absolute atomic E-state index is 13.6. The number of Topliss-reactive ketones (excluding diaryl/α,β-unsaturated/α-hetero) is 1. The summed E-state index contributed by atoms with van der Waals surface area (Å²) in [6, 6.07) is 13.8. The Labute approximate surface area is 224 Å². The van der Waals surface area contributed by atoms with E-state index in [4.69, 9.17) is 9.47 Å². The fourth-order valence-electron chi connectivity index (χ4n) is 5.61. The minimum atomic E-state index is -0.527. The Morgan fingerprint density at radius 1 is 0.895 bits per heavy atom. The van der Waals surface area contributed by atoms with Crippen LogP contribution in [0.1, 0.15) is 56.0 Å². The number of hydrogen-bond donors (Lipinski definition) is 1. The number of carbonyl (C=O) groups excluding carboxylic acids is 3. The second kappa shape index (κ2) is 10.4. The Morgan fingerprint density at radius 2 is 1.55 bits per heavy atom. The normalized spacial score (nSPS) is 19.2. The van der Waals surface area contributed by atoms with Crippen LogP contribution in [0, 0.1) is 5.41 Å². The first-order chi connectivity index (χ1) is 18.1. The molecule has 8 nitrogen and oxygen atoms in total. The van der Waals surface area contributed by atoms with Crippen LogP contribution in [0.3, 0.4) is 0 Å². The SMILES string of the molecule is CC(C)(C)OC(=O)N1CCC2(CCc3cc(-c4ccc(NC(=O)N5CCOCC5)cc4)ccc3C2=O)CC1. The van der Waals surface area contributed by atoms with Gasteiger partial charge in [0.2, 0.25) is 0 Å². The minimum Gasteiger partial charge on any atom is -0.444 e. The summed E-state index contributed by atoms with van der Waals surface area (Å²) in [4.78, 5) is 42.0. The molecule has 3 aliphatic rings. The Morgan fingerprint density at radius 3 is 2.21 bits per heavy atom. The van der Waals surface area contributed by atoms with Gasteiger partial charge in [0.25, 0.3) is 0 Å². The van der Waals surface area contributed by atoms with Crippen LogP contribution in [-0.4, -0.2) is 72.7 Å². The van der Waals surface area contributed by atoms with Crippen LogP contribution in [0.5, 0.6) is 0 Å². The summed E-state index contributed by atoms with van der Waals surface area (Å²) in [5, 5.41) is 2.95. The maximum atomic E-state index is 13.6. The van der Waals surface area contributed by atoms with E-state index in [-0.39, 0.29) is 17.9 Å². The second-order valence-corrected chi connectivity index (χ2v) is 11.6. The van der Waals surface area contributed by atoms with E-state index in [0.717, 1.165) is 40.8 Å². The number of fused-ring (bicyclic) bond motifs is 1. The molecule has 1 N–H and O–H groups in total. The number of anilines is 1. The van der Waals surface area contributed by atoms with Crippen molar-refractivity contribution < 1.29 is 23.9 Å². The lowest BCUT2D eigenvalue weighted by molar-refractivity contribution is 0.00897. The maximum Gasteiger partial charge on any atom is 0.410 e. The largest absolute Gasteiger partial charge is 0.444 e. The Balaban J connectivity index is 1.23. The fourth-order valence-corrected chi connectivity index (χ4v) is 5.61. The molecule has 3 amide bonds. The lowest BCUT2D eigenvalue weighted by atomic mass is 9.65. The van der Waals surface area contributed by atoms with Crippen LogP contribution in [0.25, 0.3) is 11.1 Å². The van der Waals surface area contributed by atoms with E-state index in [1.54, 1.807) is 9.80 Å². The average molecular weight is 520 g/mol. The number of nitrogens with zero attached hydrogens (tertiary/aromatic N) is 2. The van der Waals surface area contributed by atoms with Crippen molar-refractivity contribution in [3.63, 3.8) is 0 Å². The molecule has 0 bridgehead atoms. The second-order valence-electron chi connectivity index (χ2n) is 11.6. The molecule has 5 rings (SSSR count). The molecule has 1 aliphatic carbocycles. The third kappa shape index (κ3) is 5.55. The molecule has 2 heterocycles. The Kier molecular flexibility index (Phi) is 7.18. The number of urea groups is 1. The van der Waals surface area contributed by atoms with Gasteiger partial charge in [-0.05, 0) is 75.3 Å². The Bertz CT molecular complexity index is 1200. The van der Waals surface area contributed by atoms with Crippen LogP contribution in [0.4, 0.5) is 15.3 Å². The third-order valence-corrected chi connectivity index (χ3v) is 7.84. The van der Waals surface area contributed by atoms with Crippen molar-refractivity contribution in [2.75, 3.05) is 44.7 Å². The highest BCUT2D eigenvalue weighted by molar-refractivity contribution is 6.03. The topological polar surface area (TPSA) is 88.2 Å². The summed E-state index contributed by atoms with van der Waals surface area (Å²) in [5.74, 6) is 0.204. The van der Waals surface area contributed by atoms with Gasteiger partial charge in [0.05, 0.1) is 13.2 Å². The molecule has 2 aromatic carbocycles. The first kappa shape index (κ1) is 26.2. The lowest BCUT2D eigenvalue weighted by Crippen LogP contribution is -2.49. The molecular formula is C30H37N3O5. The highest BCUT2D eigenvalue weighted by Crippen LogP contribution is 2.44. The molecule has 2 fully saturated rings. The lowest BCUT2D eigenvalue weighted by Gasteiger charge is -2.43. The molecule has 2 aromatic rings. The number of hydrogen-bond acceptors (Lipinski definition) is 5. The molecule has 2 saturated heterocycles. The number of morpholine rings is 1. The summed E-state index contributed by atoms with van der Waals surface area (Å²) in [6.07, 6.45) is 2.69. The number of nitrogens with one attached hydrogen (secondary N) is 1. The van der Waals surface area contributed by atoms with Gasteiger partial charge in [0, 0.05) is 42.8 Å². The number of aryl methyl sites for hydroxylation is 1. The van der Waals surface area contributed by atoms with Gasteiger partial charge in [0.15, 0.2) is 5.78 Å². The molecule has 0 aromatic heterocycles. The predicted molar refractivity (Wildman–Crippen MR) is 145 cm³/mol. The first-order valence-corrected chi connectivity index (χ1v) is 13.5. The zero-order valence-electron chi connectivity index (χ0n) is 22.5. The van der Waals surface area contributed by atoms with Gasteiger partial charge in [-0.1, -0.05) is 30.3 Å². The van der Waals surface area contributed by atoms with E-state index >= 15 is 0 Å². The molecule has 202 valence electrons. The van der Waals surface area contributed by atoms with Crippen LogP contribution >= 0.6 is 0 Å². The third-order valence-electron chi connectivity index (χ3n) is 7.84. The molecule has 2 aliphatic heterocycles. The number of carbonyl (C=O) groups is 3. The highest BCUT2D eigenvalue weighted by atomic mass is 16.6. The van der Waals surface area contributed by atoms with E-state index < -0.39 is 11.0 Å². The van der Waals surface area contributed by atoms with Crippen LogP contribution < -0.4 is 5.32 Å². The van der Waals surface area contributed by atoms with Crippen molar-refractivity contribution >= 4 is 23.6 Å². The molecule has 1 spiro atoms. The zero-order chi connectivity index (χ0) is 26.9. The summed E-state index contributed by atoms with van der Waals surface area (Å²) >= 11 is 0. The van der Waals surface area contributed by atoms with Gasteiger partial charge in [-0.25, -0.2) is 9.59 Å². The molecule has 0 unspecified atom stereocenters. The van der Waals surface area contributed by atoms with Crippen LogP contribution in [0.2, 0.25) is 0 Å². The number of rotatable bonds is 2. The molecular weight excluding hydrogens is 482 g/mol. The number of ketones is 1. The summed E-state index contributed by atoms with van der Waals surface area (Å²) in [6.45, 7) is 9.02. The van der Waals surface area contributed by atoms with Crippen molar-refractivity contribution in [2.45, 2.75) is 52.1 Å². The van der Waals surface area contributed by atoms with Crippen molar-refractivity contribution in [1.82, 2.24) is 9.80 Å². The van der Waals surface area contributed by atoms with E-state index in [1.165, 1.54) is 0 Å². The monoisotopic (exact) mass is 519 g/mol. The van der Waals surface area contributed by atoms with E-state index in [2.05, 4.69) is 11.4 Å². The number of ether oxygens (including phenoxy) is 2. The predicted octanol–water partition coefficient (Wildman–Crippen LogP) is 5.36. The van der Waals surface area contributed by atoms with Crippen molar-refractivity contribution in [3.8, 4) is 11.1 Å². The van der Waals surface area contributed by atoms with Crippen molar-refractivity contribution in [3.05, 3.63) is 53.6 Å². The summed E-state index contributed by atoms with van der Waals surface area (Å²) in [7, 11) is 0. The summed E-state index contributed by atoms with van der Waals surface area (Å²) in [5.41, 5.74) is 3.80. The molecule has 0 saturated carbocycles. The van der Waals surface area contributed by atoms with Crippen LogP contribution in [0.15, 0.2) is 42.5 Å². The molecule has 8 heteroatoms. The van der Waals surface area contributed by atoms with Crippen LogP contribution in [-0.2, 0) is 15.9 Å². The molecule has 0 radical (unpaired) electrons. The highest BCUT2D eigenvalue weighted by Gasteiger charge is 2.45. The zero-order valence-corrected chi connectivity index (χ0v) is 22.5. The van der Waals surface area contributed by atoms with Gasteiger partial charge in [-0.2, -0.15) is 0 Å².